The highest BCUT2D eigenvalue weighted by Crippen LogP contribution is 2.26. The summed E-state index contributed by atoms with van der Waals surface area (Å²) in [6, 6.07) is 0.627. The number of rotatable bonds is 3. The van der Waals surface area contributed by atoms with Crippen LogP contribution in [0, 0.1) is 0 Å². The van der Waals surface area contributed by atoms with Gasteiger partial charge in [0.2, 0.25) is 0 Å². The van der Waals surface area contributed by atoms with Crippen LogP contribution in [-0.4, -0.2) is 54.6 Å². The Kier molecular flexibility index (Phi) is 4.56. The fraction of sp³-hybridized carbons (Fsp3) is 1.00. The van der Waals surface area contributed by atoms with E-state index in [-0.39, 0.29) is 0 Å². The van der Waals surface area contributed by atoms with Crippen molar-refractivity contribution in [1.29, 1.82) is 0 Å². The zero-order valence-corrected chi connectivity index (χ0v) is 10.8. The summed E-state index contributed by atoms with van der Waals surface area (Å²) in [4.78, 5) is 5.07. The van der Waals surface area contributed by atoms with Gasteiger partial charge in [-0.15, -0.1) is 0 Å². The SMILES string of the molecule is CCN1C(CCN)CN(C)CCC1(C)C. The molecule has 1 aliphatic heterocycles. The minimum absolute atomic E-state index is 0.319. The third-order valence-electron chi connectivity index (χ3n) is 3.69. The van der Waals surface area contributed by atoms with E-state index in [2.05, 4.69) is 37.6 Å². The molecule has 1 rings (SSSR count). The average molecular weight is 213 g/mol. The quantitative estimate of drug-likeness (QED) is 0.763. The third kappa shape index (κ3) is 3.16. The summed E-state index contributed by atoms with van der Waals surface area (Å²) in [5.41, 5.74) is 6.03. The standard InChI is InChI=1S/C12H27N3/c1-5-15-11(6-8-13)10-14(4)9-7-12(15,2)3/h11H,5-10,13H2,1-4H3. The molecule has 0 aromatic rings. The third-order valence-corrected chi connectivity index (χ3v) is 3.69. The van der Waals surface area contributed by atoms with E-state index in [9.17, 15) is 0 Å². The highest BCUT2D eigenvalue weighted by Gasteiger charge is 2.34. The molecule has 15 heavy (non-hydrogen) atoms. The Balaban J connectivity index is 2.79. The van der Waals surface area contributed by atoms with E-state index in [1.807, 2.05) is 0 Å². The first-order chi connectivity index (χ1) is 7.01. The van der Waals surface area contributed by atoms with E-state index in [1.165, 1.54) is 13.0 Å². The van der Waals surface area contributed by atoms with Crippen molar-refractivity contribution in [1.82, 2.24) is 9.80 Å². The Hall–Kier alpha value is -0.120. The maximum absolute atomic E-state index is 5.72. The second-order valence-corrected chi connectivity index (χ2v) is 5.34. The molecule has 1 aliphatic rings. The minimum Gasteiger partial charge on any atom is -0.330 e. The lowest BCUT2D eigenvalue weighted by Crippen LogP contribution is -2.51. The molecule has 3 nitrogen and oxygen atoms in total. The number of likely N-dealkylation sites (N-methyl/N-ethyl adjacent to an activating group) is 2. The molecule has 0 aliphatic carbocycles. The van der Waals surface area contributed by atoms with E-state index in [0.717, 1.165) is 26.1 Å². The van der Waals surface area contributed by atoms with Crippen LogP contribution in [0.15, 0.2) is 0 Å². The Labute approximate surface area is 94.6 Å². The molecular formula is C12H27N3. The second kappa shape index (κ2) is 5.28. The second-order valence-electron chi connectivity index (χ2n) is 5.34. The van der Waals surface area contributed by atoms with Gasteiger partial charge in [0.25, 0.3) is 0 Å². The van der Waals surface area contributed by atoms with Gasteiger partial charge in [-0.1, -0.05) is 6.92 Å². The van der Waals surface area contributed by atoms with Gasteiger partial charge in [-0.3, -0.25) is 4.90 Å². The summed E-state index contributed by atoms with van der Waals surface area (Å²) < 4.78 is 0. The van der Waals surface area contributed by atoms with E-state index in [0.29, 0.717) is 11.6 Å². The molecule has 0 radical (unpaired) electrons. The molecule has 1 unspecified atom stereocenters. The van der Waals surface area contributed by atoms with Crippen LogP contribution in [0.25, 0.3) is 0 Å². The zero-order chi connectivity index (χ0) is 11.5. The fourth-order valence-corrected chi connectivity index (χ4v) is 2.78. The number of nitrogens with zero attached hydrogens (tertiary/aromatic N) is 2. The number of hydrogen-bond acceptors (Lipinski definition) is 3. The summed E-state index contributed by atoms with van der Waals surface area (Å²) in [6.07, 6.45) is 2.36. The van der Waals surface area contributed by atoms with Crippen LogP contribution >= 0.6 is 0 Å². The van der Waals surface area contributed by atoms with Crippen LogP contribution in [0.1, 0.15) is 33.6 Å². The van der Waals surface area contributed by atoms with Gasteiger partial charge < -0.3 is 10.6 Å². The Morgan fingerprint density at radius 2 is 2.07 bits per heavy atom. The van der Waals surface area contributed by atoms with Crippen LogP contribution in [0.3, 0.4) is 0 Å². The molecule has 1 fully saturated rings. The molecule has 0 spiro atoms. The van der Waals surface area contributed by atoms with Crippen molar-refractivity contribution in [3.8, 4) is 0 Å². The highest BCUT2D eigenvalue weighted by atomic mass is 15.3. The van der Waals surface area contributed by atoms with Gasteiger partial charge in [0, 0.05) is 18.1 Å². The Morgan fingerprint density at radius 1 is 1.40 bits per heavy atom. The predicted octanol–water partition coefficient (Wildman–Crippen LogP) is 1.14. The first-order valence-corrected chi connectivity index (χ1v) is 6.16. The molecule has 0 bridgehead atoms. The van der Waals surface area contributed by atoms with Crippen molar-refractivity contribution in [2.24, 2.45) is 5.73 Å². The molecule has 1 atom stereocenters. The summed E-state index contributed by atoms with van der Waals surface area (Å²) in [6.45, 7) is 11.3. The van der Waals surface area contributed by atoms with Gasteiger partial charge in [-0.25, -0.2) is 0 Å². The lowest BCUT2D eigenvalue weighted by Gasteiger charge is -2.41. The lowest BCUT2D eigenvalue weighted by atomic mass is 9.96. The smallest absolute Gasteiger partial charge is 0.0240 e. The van der Waals surface area contributed by atoms with Gasteiger partial charge >= 0.3 is 0 Å². The van der Waals surface area contributed by atoms with Crippen molar-refractivity contribution in [2.45, 2.75) is 45.2 Å². The molecule has 0 saturated carbocycles. The molecule has 1 saturated heterocycles. The van der Waals surface area contributed by atoms with Crippen molar-refractivity contribution in [3.63, 3.8) is 0 Å². The van der Waals surface area contributed by atoms with Gasteiger partial charge in [0.15, 0.2) is 0 Å². The largest absolute Gasteiger partial charge is 0.330 e. The number of nitrogens with two attached hydrogens (primary N) is 1. The lowest BCUT2D eigenvalue weighted by molar-refractivity contribution is 0.0783. The molecule has 0 amide bonds. The van der Waals surface area contributed by atoms with Gasteiger partial charge in [-0.05, 0) is 53.4 Å². The predicted molar refractivity (Wildman–Crippen MR) is 66.0 cm³/mol. The van der Waals surface area contributed by atoms with Gasteiger partial charge in [0.05, 0.1) is 0 Å². The van der Waals surface area contributed by atoms with Crippen LogP contribution in [0.5, 0.6) is 0 Å². The highest BCUT2D eigenvalue weighted by molar-refractivity contribution is 4.91. The van der Waals surface area contributed by atoms with E-state index >= 15 is 0 Å². The number of hydrogen-bond donors (Lipinski definition) is 1. The zero-order valence-electron chi connectivity index (χ0n) is 10.8. The molecular weight excluding hydrogens is 186 g/mol. The molecule has 2 N–H and O–H groups in total. The first-order valence-electron chi connectivity index (χ1n) is 6.16. The molecule has 1 heterocycles. The summed E-state index contributed by atoms with van der Waals surface area (Å²) in [7, 11) is 2.22. The van der Waals surface area contributed by atoms with Crippen LogP contribution in [-0.2, 0) is 0 Å². The van der Waals surface area contributed by atoms with Crippen molar-refractivity contribution in [3.05, 3.63) is 0 Å². The summed E-state index contributed by atoms with van der Waals surface area (Å²) in [5, 5.41) is 0. The van der Waals surface area contributed by atoms with Crippen LogP contribution < -0.4 is 5.73 Å². The van der Waals surface area contributed by atoms with Gasteiger partial charge in [0.1, 0.15) is 0 Å². The minimum atomic E-state index is 0.319. The maximum Gasteiger partial charge on any atom is 0.0240 e. The molecule has 0 aromatic heterocycles. The average Bonchev–Trinajstić information content (AvgIpc) is 2.25. The fourth-order valence-electron chi connectivity index (χ4n) is 2.78. The first kappa shape index (κ1) is 12.9. The Morgan fingerprint density at radius 3 is 2.60 bits per heavy atom. The van der Waals surface area contributed by atoms with Gasteiger partial charge in [-0.2, -0.15) is 0 Å². The monoisotopic (exact) mass is 213 g/mol. The summed E-state index contributed by atoms with van der Waals surface area (Å²) >= 11 is 0. The van der Waals surface area contributed by atoms with E-state index < -0.39 is 0 Å². The maximum atomic E-state index is 5.72. The van der Waals surface area contributed by atoms with Crippen molar-refractivity contribution < 1.29 is 0 Å². The molecule has 90 valence electrons. The Bertz CT molecular complexity index is 191. The van der Waals surface area contributed by atoms with Crippen LogP contribution in [0.4, 0.5) is 0 Å². The van der Waals surface area contributed by atoms with Crippen molar-refractivity contribution >= 4 is 0 Å². The van der Waals surface area contributed by atoms with Crippen molar-refractivity contribution in [2.75, 3.05) is 33.2 Å². The molecule has 0 aromatic carbocycles. The normalized spacial score (nSPS) is 29.0. The topological polar surface area (TPSA) is 32.5 Å². The molecule has 3 heteroatoms. The van der Waals surface area contributed by atoms with E-state index in [1.54, 1.807) is 0 Å². The van der Waals surface area contributed by atoms with Crippen LogP contribution in [0.2, 0.25) is 0 Å². The van der Waals surface area contributed by atoms with E-state index in [4.69, 9.17) is 5.73 Å². The summed E-state index contributed by atoms with van der Waals surface area (Å²) in [5.74, 6) is 0.